The quantitative estimate of drug-likeness (QED) is 0.222. The zero-order chi connectivity index (χ0) is 11.5. The number of isocyanates is 1. The van der Waals surface area contributed by atoms with Crippen LogP contribution in [-0.2, 0) is 4.79 Å². The van der Waals surface area contributed by atoms with Crippen LogP contribution in [0.3, 0.4) is 0 Å². The predicted octanol–water partition coefficient (Wildman–Crippen LogP) is 1.18. The van der Waals surface area contributed by atoms with E-state index in [1.807, 2.05) is 0 Å². The first kappa shape index (κ1) is 16.6. The summed E-state index contributed by atoms with van der Waals surface area (Å²) in [4.78, 5) is 12.8. The average molecular weight is 442 g/mol. The molecule has 0 amide bonds. The molecule has 0 saturated carbocycles. The molecule has 0 aromatic heterocycles. The molecule has 1 saturated heterocycles. The second-order valence-corrected chi connectivity index (χ2v) is 13.1. The van der Waals surface area contributed by atoms with Crippen LogP contribution in [0.5, 0.6) is 0 Å². The van der Waals surface area contributed by atoms with Gasteiger partial charge in [-0.25, -0.2) is 0 Å². The Morgan fingerprint density at radius 3 is 2.40 bits per heavy atom. The van der Waals surface area contributed by atoms with Crippen molar-refractivity contribution in [1.82, 2.24) is 0 Å². The van der Waals surface area contributed by atoms with Crippen molar-refractivity contribution in [3.8, 4) is 0 Å². The van der Waals surface area contributed by atoms with Gasteiger partial charge in [0, 0.05) is 0 Å². The second kappa shape index (κ2) is 12.1. The third-order valence-electron chi connectivity index (χ3n) is 1.26. The van der Waals surface area contributed by atoms with Gasteiger partial charge in [-0.3, -0.25) is 0 Å². The molecule has 15 heavy (non-hydrogen) atoms. The Morgan fingerprint density at radius 2 is 2.07 bits per heavy atom. The number of rotatable bonds is 3. The molecule has 0 aromatic carbocycles. The Balaban J connectivity index is 0.000000265. The zero-order valence-electron chi connectivity index (χ0n) is 8.46. The van der Waals surface area contributed by atoms with Crippen molar-refractivity contribution in [2.75, 3.05) is 5.44 Å². The van der Waals surface area contributed by atoms with E-state index in [0.29, 0.717) is 35.4 Å². The molecule has 0 aromatic rings. The van der Waals surface area contributed by atoms with Crippen molar-refractivity contribution in [1.29, 1.82) is 0 Å². The molecule has 2 unspecified atom stereocenters. The molecule has 1 aliphatic rings. The Kier molecular flexibility index (Phi) is 13.4. The van der Waals surface area contributed by atoms with Crippen LogP contribution in [0.25, 0.3) is 0 Å². The van der Waals surface area contributed by atoms with Gasteiger partial charge in [-0.05, 0) is 0 Å². The maximum absolute atomic E-state index is 9.40. The molecule has 7 heteroatoms. The van der Waals surface area contributed by atoms with Crippen molar-refractivity contribution in [2.45, 2.75) is 31.2 Å². The van der Waals surface area contributed by atoms with E-state index < -0.39 is 0 Å². The summed E-state index contributed by atoms with van der Waals surface area (Å²) in [7, 11) is 0. The Hall–Kier alpha value is 1.64. The van der Waals surface area contributed by atoms with Crippen LogP contribution in [0.4, 0.5) is 0 Å². The monoisotopic (exact) mass is 445 g/mol. The third-order valence-corrected chi connectivity index (χ3v) is 12.1. The van der Waals surface area contributed by atoms with Gasteiger partial charge >= 0.3 is 123 Å². The minimum atomic E-state index is 0.539. The van der Waals surface area contributed by atoms with Crippen molar-refractivity contribution < 1.29 is 4.79 Å². The molecule has 2 nitrogen and oxygen atoms in total. The second-order valence-electron chi connectivity index (χ2n) is 2.45. The van der Waals surface area contributed by atoms with E-state index in [0.717, 1.165) is 28.6 Å². The van der Waals surface area contributed by atoms with E-state index in [4.69, 9.17) is 0 Å². The van der Waals surface area contributed by atoms with E-state index in [-0.39, 0.29) is 0 Å². The molecule has 1 fully saturated rings. The van der Waals surface area contributed by atoms with Gasteiger partial charge in [0.05, 0.1) is 0 Å². The van der Waals surface area contributed by atoms with Gasteiger partial charge in [0.2, 0.25) is 0 Å². The molecular formula is C8H15NOS2Se3. The summed E-state index contributed by atoms with van der Waals surface area (Å²) in [6, 6.07) is 0. The molecule has 1 rings (SSSR count). The fourth-order valence-electron chi connectivity index (χ4n) is 0.693. The van der Waals surface area contributed by atoms with Gasteiger partial charge < -0.3 is 0 Å². The topological polar surface area (TPSA) is 29.4 Å². The van der Waals surface area contributed by atoms with Gasteiger partial charge in [-0.2, -0.15) is 0 Å². The maximum atomic E-state index is 9.40. The summed E-state index contributed by atoms with van der Waals surface area (Å²) in [5, 5.41) is 3.92. The van der Waals surface area contributed by atoms with Crippen LogP contribution in [0.1, 0.15) is 6.92 Å². The summed E-state index contributed by atoms with van der Waals surface area (Å²) in [6.45, 7) is 2.08. The first-order valence-electron chi connectivity index (χ1n) is 4.41. The Labute approximate surface area is 122 Å². The van der Waals surface area contributed by atoms with E-state index in [9.17, 15) is 4.79 Å². The fraction of sp³-hybridized carbons (Fsp3) is 0.875. The third kappa shape index (κ3) is 11.9. The molecule has 0 spiro atoms. The number of nitrogens with zero attached hydrogens (tertiary/aromatic N) is 1. The van der Waals surface area contributed by atoms with Crippen molar-refractivity contribution >= 4 is 76.2 Å². The van der Waals surface area contributed by atoms with E-state index in [1.54, 1.807) is 0 Å². The molecular weight excluding hydrogens is 427 g/mol. The van der Waals surface area contributed by atoms with Gasteiger partial charge in [0.15, 0.2) is 0 Å². The zero-order valence-corrected chi connectivity index (χ0v) is 15.4. The molecule has 1 aliphatic heterocycles. The number of aliphatic imine (C=N–C) groups is 1. The van der Waals surface area contributed by atoms with Crippen molar-refractivity contribution in [3.05, 3.63) is 0 Å². The van der Waals surface area contributed by atoms with Gasteiger partial charge in [0.1, 0.15) is 0 Å². The van der Waals surface area contributed by atoms with Crippen LogP contribution in [0.2, 0.25) is 16.0 Å². The summed E-state index contributed by atoms with van der Waals surface area (Å²) in [5.74, 6) is 0. The fourth-order valence-corrected chi connectivity index (χ4v) is 10.5. The summed E-state index contributed by atoms with van der Waals surface area (Å²) in [6.07, 6.45) is 1.49. The van der Waals surface area contributed by atoms with Crippen LogP contribution in [0.15, 0.2) is 4.99 Å². The van der Waals surface area contributed by atoms with Crippen LogP contribution < -0.4 is 0 Å². The van der Waals surface area contributed by atoms with Gasteiger partial charge in [0.25, 0.3) is 0 Å². The molecule has 0 bridgehead atoms. The van der Waals surface area contributed by atoms with Gasteiger partial charge in [-0.15, -0.1) is 0 Å². The van der Waals surface area contributed by atoms with Crippen LogP contribution in [-0.4, -0.2) is 64.7 Å². The summed E-state index contributed by atoms with van der Waals surface area (Å²) >= 11 is 10.9. The van der Waals surface area contributed by atoms with E-state index in [1.165, 1.54) is 16.7 Å². The predicted molar refractivity (Wildman–Crippen MR) is 75.9 cm³/mol. The standard InChI is InChI=1S/C4H7NOSe.C4H8S2Se2/c1-2-7-4-5-3-6;5-3-1-7-2-4(6)8-3/h2,4H2,1H3;3-6H,1-2H2. The van der Waals surface area contributed by atoms with Crippen molar-refractivity contribution in [3.63, 3.8) is 0 Å². The normalized spacial score (nSPS) is 24.7. The summed E-state index contributed by atoms with van der Waals surface area (Å²) < 4.78 is 1.44. The molecule has 0 aliphatic carbocycles. The molecule has 0 N–H and O–H groups in total. The number of hydrogen-bond donors (Lipinski definition) is 2. The van der Waals surface area contributed by atoms with Crippen molar-refractivity contribution in [2.24, 2.45) is 4.99 Å². The number of thiol groups is 2. The minimum absolute atomic E-state index is 0.539. The first-order chi connectivity index (χ1) is 7.20. The molecule has 0 radical (unpaired) electrons. The molecule has 1 heterocycles. The van der Waals surface area contributed by atoms with Crippen LogP contribution in [0, 0.1) is 0 Å². The number of hydrogen-bond acceptors (Lipinski definition) is 4. The molecule has 88 valence electrons. The average Bonchev–Trinajstić information content (AvgIpc) is 2.19. The summed E-state index contributed by atoms with van der Waals surface area (Å²) in [5.41, 5.74) is 0.701. The van der Waals surface area contributed by atoms with E-state index >= 15 is 0 Å². The SMILES string of the molecule is CC[Se]CN=C=O.SC1C[Se]CC(S)[Se]1. The van der Waals surface area contributed by atoms with E-state index in [2.05, 4.69) is 37.2 Å². The van der Waals surface area contributed by atoms with Crippen LogP contribution >= 0.6 is 25.3 Å². The Bertz CT molecular complexity index is 194. The molecule has 2 atom stereocenters. The first-order valence-corrected chi connectivity index (χ1v) is 12.3. The van der Waals surface area contributed by atoms with Gasteiger partial charge in [-0.1, -0.05) is 0 Å². The Morgan fingerprint density at radius 1 is 1.47 bits per heavy atom. The number of carbonyl (C=O) groups excluding carboxylic acids is 1.